The average molecular weight is 308 g/mol. The monoisotopic (exact) mass is 308 g/mol. The van der Waals surface area contributed by atoms with Crippen LogP contribution in [0.2, 0.25) is 0 Å². The van der Waals surface area contributed by atoms with Gasteiger partial charge in [0.25, 0.3) is 0 Å². The molecule has 2 rings (SSSR count). The first-order valence-corrected chi connectivity index (χ1v) is 7.32. The Morgan fingerprint density at radius 3 is 2.76 bits per heavy atom. The average Bonchev–Trinajstić information content (AvgIpc) is 2.87. The van der Waals surface area contributed by atoms with Crippen molar-refractivity contribution in [3.8, 4) is 0 Å². The van der Waals surface area contributed by atoms with Crippen LogP contribution < -0.4 is 5.73 Å². The number of hydrogen-bond acceptors (Lipinski definition) is 5. The van der Waals surface area contributed by atoms with Crippen molar-refractivity contribution >= 4 is 23.0 Å². The number of nitrogen functional groups attached to an aromatic ring is 1. The van der Waals surface area contributed by atoms with E-state index in [1.807, 2.05) is 5.38 Å². The van der Waals surface area contributed by atoms with E-state index in [1.165, 1.54) is 23.5 Å². The zero-order valence-corrected chi connectivity index (χ0v) is 13.0. The molecule has 0 unspecified atom stereocenters. The molecule has 0 atom stereocenters. The molecule has 2 N–H and O–H groups in total. The Bertz CT molecular complexity index is 662. The Labute approximate surface area is 126 Å². The summed E-state index contributed by atoms with van der Waals surface area (Å²) in [5, 5.41) is 2.64. The molecule has 0 radical (unpaired) electrons. The van der Waals surface area contributed by atoms with Crippen molar-refractivity contribution in [1.82, 2.24) is 4.98 Å². The lowest BCUT2D eigenvalue weighted by Gasteiger charge is -2.14. The van der Waals surface area contributed by atoms with Gasteiger partial charge in [0, 0.05) is 16.5 Å². The van der Waals surface area contributed by atoms with Gasteiger partial charge in [-0.05, 0) is 18.2 Å². The van der Waals surface area contributed by atoms with Crippen molar-refractivity contribution in [2.45, 2.75) is 32.8 Å². The van der Waals surface area contributed by atoms with Gasteiger partial charge in [-0.1, -0.05) is 20.8 Å². The highest BCUT2D eigenvalue weighted by Crippen LogP contribution is 2.24. The van der Waals surface area contributed by atoms with Crippen molar-refractivity contribution in [3.63, 3.8) is 0 Å². The Kier molecular flexibility index (Phi) is 4.27. The van der Waals surface area contributed by atoms with Gasteiger partial charge >= 0.3 is 5.97 Å². The summed E-state index contributed by atoms with van der Waals surface area (Å²) in [4.78, 5) is 16.3. The van der Waals surface area contributed by atoms with Crippen LogP contribution in [0.25, 0.3) is 0 Å². The molecular weight excluding hydrogens is 291 g/mol. The van der Waals surface area contributed by atoms with Crippen LogP contribution in [-0.4, -0.2) is 11.0 Å². The number of carbonyl (C=O) groups is 1. The Morgan fingerprint density at radius 1 is 1.43 bits per heavy atom. The summed E-state index contributed by atoms with van der Waals surface area (Å²) >= 11 is 1.43. The fourth-order valence-corrected chi connectivity index (χ4v) is 2.56. The molecule has 4 nitrogen and oxygen atoms in total. The third kappa shape index (κ3) is 3.78. The minimum absolute atomic E-state index is 0.0302. The van der Waals surface area contributed by atoms with Gasteiger partial charge in [-0.3, -0.25) is 0 Å². The van der Waals surface area contributed by atoms with Crippen molar-refractivity contribution < 1.29 is 13.9 Å². The number of thiazole rings is 1. The van der Waals surface area contributed by atoms with E-state index in [9.17, 15) is 9.18 Å². The van der Waals surface area contributed by atoms with E-state index >= 15 is 0 Å². The maximum atomic E-state index is 13.1. The molecule has 0 fully saturated rings. The molecule has 2 aromatic rings. The number of anilines is 1. The van der Waals surface area contributed by atoms with Crippen LogP contribution >= 0.6 is 11.3 Å². The van der Waals surface area contributed by atoms with Crippen LogP contribution in [0.5, 0.6) is 0 Å². The quantitative estimate of drug-likeness (QED) is 0.696. The number of nitrogens with two attached hydrogens (primary N) is 1. The highest BCUT2D eigenvalue weighted by atomic mass is 32.1. The number of rotatable bonds is 3. The Balaban J connectivity index is 2.04. The fraction of sp³-hybridized carbons (Fsp3) is 0.333. The molecule has 1 aromatic heterocycles. The standard InChI is InChI=1S/C15H17FN2O2S/c1-15(2,3)12-8-21-13(18-12)7-20-14(19)10-6-9(16)4-5-11(10)17/h4-6,8H,7,17H2,1-3H3. The van der Waals surface area contributed by atoms with Crippen molar-refractivity contribution in [3.05, 3.63) is 45.7 Å². The minimum Gasteiger partial charge on any atom is -0.455 e. The van der Waals surface area contributed by atoms with E-state index < -0.39 is 11.8 Å². The first-order valence-electron chi connectivity index (χ1n) is 6.44. The third-order valence-electron chi connectivity index (χ3n) is 2.88. The Hall–Kier alpha value is -1.95. The molecule has 21 heavy (non-hydrogen) atoms. The molecule has 1 aromatic carbocycles. The number of hydrogen-bond donors (Lipinski definition) is 1. The minimum atomic E-state index is -0.653. The zero-order valence-electron chi connectivity index (χ0n) is 12.1. The first kappa shape index (κ1) is 15.4. The van der Waals surface area contributed by atoms with Gasteiger partial charge in [0.1, 0.15) is 17.4 Å². The Morgan fingerprint density at radius 2 is 2.14 bits per heavy atom. The van der Waals surface area contributed by atoms with Crippen LogP contribution in [0, 0.1) is 5.82 Å². The molecule has 0 aliphatic heterocycles. The maximum absolute atomic E-state index is 13.1. The third-order valence-corrected chi connectivity index (χ3v) is 3.70. The number of aromatic nitrogens is 1. The van der Waals surface area contributed by atoms with Crippen LogP contribution in [0.1, 0.15) is 41.8 Å². The molecule has 1 heterocycles. The van der Waals surface area contributed by atoms with E-state index in [4.69, 9.17) is 10.5 Å². The summed E-state index contributed by atoms with van der Waals surface area (Å²) in [6.07, 6.45) is 0. The summed E-state index contributed by atoms with van der Waals surface area (Å²) in [5.41, 5.74) is 6.76. The van der Waals surface area contributed by atoms with Crippen molar-refractivity contribution in [1.29, 1.82) is 0 Å². The van der Waals surface area contributed by atoms with E-state index in [0.29, 0.717) is 5.01 Å². The molecular formula is C15H17FN2O2S. The number of halogens is 1. The smallest absolute Gasteiger partial charge is 0.340 e. The van der Waals surface area contributed by atoms with Gasteiger partial charge in [0.2, 0.25) is 0 Å². The summed E-state index contributed by atoms with van der Waals surface area (Å²) in [6, 6.07) is 3.61. The van der Waals surface area contributed by atoms with Gasteiger partial charge in [-0.15, -0.1) is 11.3 Å². The lowest BCUT2D eigenvalue weighted by Crippen LogP contribution is -2.12. The molecule has 0 saturated carbocycles. The van der Waals surface area contributed by atoms with E-state index in [0.717, 1.165) is 11.8 Å². The van der Waals surface area contributed by atoms with Gasteiger partial charge < -0.3 is 10.5 Å². The van der Waals surface area contributed by atoms with Gasteiger partial charge in [-0.2, -0.15) is 0 Å². The van der Waals surface area contributed by atoms with E-state index in [2.05, 4.69) is 25.8 Å². The summed E-state index contributed by atoms with van der Waals surface area (Å²) in [5.74, 6) is -1.18. The number of nitrogens with zero attached hydrogens (tertiary/aromatic N) is 1. The summed E-state index contributed by atoms with van der Waals surface area (Å²) in [6.45, 7) is 6.23. The molecule has 0 aliphatic carbocycles. The maximum Gasteiger partial charge on any atom is 0.340 e. The predicted molar refractivity (Wildman–Crippen MR) is 80.7 cm³/mol. The summed E-state index contributed by atoms with van der Waals surface area (Å²) < 4.78 is 18.3. The predicted octanol–water partition coefficient (Wildman–Crippen LogP) is 3.52. The second-order valence-corrected chi connectivity index (χ2v) is 6.63. The van der Waals surface area contributed by atoms with Gasteiger partial charge in [-0.25, -0.2) is 14.2 Å². The van der Waals surface area contributed by atoms with Crippen molar-refractivity contribution in [2.75, 3.05) is 5.73 Å². The molecule has 0 aliphatic rings. The highest BCUT2D eigenvalue weighted by molar-refractivity contribution is 7.09. The fourth-order valence-electron chi connectivity index (χ4n) is 1.63. The number of carbonyl (C=O) groups excluding carboxylic acids is 1. The van der Waals surface area contributed by atoms with Crippen LogP contribution in [0.3, 0.4) is 0 Å². The number of ether oxygens (including phenoxy) is 1. The molecule has 0 amide bonds. The number of benzene rings is 1. The molecule has 0 saturated heterocycles. The molecule has 0 spiro atoms. The number of esters is 1. The van der Waals surface area contributed by atoms with Crippen molar-refractivity contribution in [2.24, 2.45) is 0 Å². The highest BCUT2D eigenvalue weighted by Gasteiger charge is 2.18. The second kappa shape index (κ2) is 5.81. The SMILES string of the molecule is CC(C)(C)c1csc(COC(=O)c2cc(F)ccc2N)n1. The van der Waals surface area contributed by atoms with Crippen LogP contribution in [0.4, 0.5) is 10.1 Å². The first-order chi connectivity index (χ1) is 9.77. The lowest BCUT2D eigenvalue weighted by atomic mass is 9.93. The zero-order chi connectivity index (χ0) is 15.6. The van der Waals surface area contributed by atoms with Crippen LogP contribution in [0.15, 0.2) is 23.6 Å². The molecule has 0 bridgehead atoms. The van der Waals surface area contributed by atoms with E-state index in [-0.39, 0.29) is 23.3 Å². The van der Waals surface area contributed by atoms with Gasteiger partial charge in [0.15, 0.2) is 0 Å². The normalized spacial score (nSPS) is 11.4. The molecule has 6 heteroatoms. The lowest BCUT2D eigenvalue weighted by molar-refractivity contribution is 0.0473. The van der Waals surface area contributed by atoms with Crippen LogP contribution in [-0.2, 0) is 16.8 Å². The molecule has 112 valence electrons. The van der Waals surface area contributed by atoms with E-state index in [1.54, 1.807) is 0 Å². The summed E-state index contributed by atoms with van der Waals surface area (Å²) in [7, 11) is 0. The topological polar surface area (TPSA) is 65.2 Å². The second-order valence-electron chi connectivity index (χ2n) is 5.68. The largest absolute Gasteiger partial charge is 0.455 e. The van der Waals surface area contributed by atoms with Gasteiger partial charge in [0.05, 0.1) is 11.3 Å².